The van der Waals surface area contributed by atoms with E-state index in [9.17, 15) is 4.79 Å². The zero-order valence-corrected chi connectivity index (χ0v) is 13.4. The number of nitrogens with zero attached hydrogens (tertiary/aromatic N) is 2. The van der Waals surface area contributed by atoms with E-state index in [4.69, 9.17) is 13.9 Å². The SMILES string of the molecule is COc1ccc(-c2nnc(COc3cccc(C(C)=O)c3)o2)cc1. The van der Waals surface area contributed by atoms with Gasteiger partial charge in [0.15, 0.2) is 12.4 Å². The molecule has 3 rings (SSSR count). The zero-order valence-electron chi connectivity index (χ0n) is 13.4. The van der Waals surface area contributed by atoms with Gasteiger partial charge in [0, 0.05) is 11.1 Å². The number of carbonyl (C=O) groups excluding carboxylic acids is 1. The Kier molecular flexibility index (Phi) is 4.56. The molecule has 0 atom stereocenters. The molecule has 0 aliphatic rings. The minimum absolute atomic E-state index is 0.0139. The van der Waals surface area contributed by atoms with Crippen LogP contribution in [0, 0.1) is 0 Å². The highest BCUT2D eigenvalue weighted by molar-refractivity contribution is 5.94. The molecule has 0 saturated heterocycles. The van der Waals surface area contributed by atoms with Crippen LogP contribution in [0.4, 0.5) is 0 Å². The van der Waals surface area contributed by atoms with E-state index in [2.05, 4.69) is 10.2 Å². The number of benzene rings is 2. The highest BCUT2D eigenvalue weighted by Gasteiger charge is 2.10. The molecule has 1 heterocycles. The van der Waals surface area contributed by atoms with Crippen molar-refractivity contribution in [3.63, 3.8) is 0 Å². The fourth-order valence-corrected chi connectivity index (χ4v) is 2.11. The summed E-state index contributed by atoms with van der Waals surface area (Å²) >= 11 is 0. The van der Waals surface area contributed by atoms with Crippen molar-refractivity contribution < 1.29 is 18.7 Å². The van der Waals surface area contributed by atoms with Crippen LogP contribution >= 0.6 is 0 Å². The van der Waals surface area contributed by atoms with Gasteiger partial charge in [-0.2, -0.15) is 0 Å². The molecule has 1 aromatic heterocycles. The molecule has 0 N–H and O–H groups in total. The Labute approximate surface area is 139 Å². The maximum atomic E-state index is 11.4. The Morgan fingerprint density at radius 1 is 1.08 bits per heavy atom. The minimum Gasteiger partial charge on any atom is -0.497 e. The molecule has 0 radical (unpaired) electrons. The van der Waals surface area contributed by atoms with E-state index >= 15 is 0 Å². The number of ketones is 1. The number of hydrogen-bond donors (Lipinski definition) is 0. The summed E-state index contributed by atoms with van der Waals surface area (Å²) in [5, 5.41) is 7.98. The molecule has 0 unspecified atom stereocenters. The minimum atomic E-state index is -0.0139. The third-order valence-electron chi connectivity index (χ3n) is 3.41. The lowest BCUT2D eigenvalue weighted by molar-refractivity contribution is 0.101. The van der Waals surface area contributed by atoms with Gasteiger partial charge in [-0.25, -0.2) is 0 Å². The number of ether oxygens (including phenoxy) is 2. The normalized spacial score (nSPS) is 10.4. The van der Waals surface area contributed by atoms with E-state index in [0.717, 1.165) is 11.3 Å². The first kappa shape index (κ1) is 15.7. The molecular formula is C18H16N2O4. The predicted molar refractivity (Wildman–Crippen MR) is 87.1 cm³/mol. The fourth-order valence-electron chi connectivity index (χ4n) is 2.11. The molecule has 6 nitrogen and oxygen atoms in total. The lowest BCUT2D eigenvalue weighted by Crippen LogP contribution is -1.98. The van der Waals surface area contributed by atoms with E-state index < -0.39 is 0 Å². The van der Waals surface area contributed by atoms with Crippen molar-refractivity contribution in [3.8, 4) is 23.0 Å². The number of hydrogen-bond acceptors (Lipinski definition) is 6. The molecule has 0 aliphatic heterocycles. The van der Waals surface area contributed by atoms with Crippen LogP contribution in [0.25, 0.3) is 11.5 Å². The second-order valence-electron chi connectivity index (χ2n) is 5.10. The zero-order chi connectivity index (χ0) is 16.9. The summed E-state index contributed by atoms with van der Waals surface area (Å²) in [6.45, 7) is 1.64. The van der Waals surface area contributed by atoms with Gasteiger partial charge in [-0.1, -0.05) is 12.1 Å². The van der Waals surface area contributed by atoms with Crippen LogP contribution in [0.2, 0.25) is 0 Å². The third kappa shape index (κ3) is 3.60. The number of methoxy groups -OCH3 is 1. The second kappa shape index (κ2) is 6.95. The lowest BCUT2D eigenvalue weighted by atomic mass is 10.1. The average Bonchev–Trinajstić information content (AvgIpc) is 3.09. The first-order valence-corrected chi connectivity index (χ1v) is 7.36. The van der Waals surface area contributed by atoms with Gasteiger partial charge < -0.3 is 13.9 Å². The number of Topliss-reactive ketones (excluding diaryl/α,β-unsaturated/α-hetero) is 1. The van der Waals surface area contributed by atoms with E-state index in [1.165, 1.54) is 6.92 Å². The van der Waals surface area contributed by atoms with E-state index in [-0.39, 0.29) is 12.4 Å². The molecule has 3 aromatic rings. The van der Waals surface area contributed by atoms with Gasteiger partial charge in [-0.15, -0.1) is 10.2 Å². The molecule has 0 amide bonds. The van der Waals surface area contributed by atoms with Gasteiger partial charge in [-0.3, -0.25) is 4.79 Å². The number of rotatable bonds is 6. The van der Waals surface area contributed by atoms with E-state index in [1.54, 1.807) is 31.4 Å². The van der Waals surface area contributed by atoms with E-state index in [1.807, 2.05) is 24.3 Å². The molecular weight excluding hydrogens is 308 g/mol. The fraction of sp³-hybridized carbons (Fsp3) is 0.167. The van der Waals surface area contributed by atoms with Gasteiger partial charge in [0.1, 0.15) is 11.5 Å². The Balaban J connectivity index is 1.67. The van der Waals surface area contributed by atoms with Gasteiger partial charge in [0.2, 0.25) is 5.89 Å². The Morgan fingerprint density at radius 2 is 1.88 bits per heavy atom. The molecule has 0 bridgehead atoms. The average molecular weight is 324 g/mol. The van der Waals surface area contributed by atoms with Crippen LogP contribution < -0.4 is 9.47 Å². The smallest absolute Gasteiger partial charge is 0.254 e. The third-order valence-corrected chi connectivity index (χ3v) is 3.41. The summed E-state index contributed by atoms with van der Waals surface area (Å²) in [6.07, 6.45) is 0. The first-order valence-electron chi connectivity index (χ1n) is 7.36. The van der Waals surface area contributed by atoms with Crippen LogP contribution in [0.1, 0.15) is 23.2 Å². The molecule has 2 aromatic carbocycles. The predicted octanol–water partition coefficient (Wildman–Crippen LogP) is 3.53. The molecule has 122 valence electrons. The topological polar surface area (TPSA) is 74.5 Å². The molecule has 6 heteroatoms. The van der Waals surface area contributed by atoms with E-state index in [0.29, 0.717) is 23.1 Å². The van der Waals surface area contributed by atoms with Crippen molar-refractivity contribution in [2.45, 2.75) is 13.5 Å². The Hall–Kier alpha value is -3.15. The monoisotopic (exact) mass is 324 g/mol. The van der Waals surface area contributed by atoms with Crippen molar-refractivity contribution in [1.82, 2.24) is 10.2 Å². The van der Waals surface area contributed by atoms with Gasteiger partial charge in [0.25, 0.3) is 5.89 Å². The highest BCUT2D eigenvalue weighted by atomic mass is 16.5. The summed E-state index contributed by atoms with van der Waals surface area (Å²) in [5.41, 5.74) is 1.39. The van der Waals surface area contributed by atoms with Crippen molar-refractivity contribution in [2.24, 2.45) is 0 Å². The van der Waals surface area contributed by atoms with Crippen LogP contribution in [-0.4, -0.2) is 23.1 Å². The van der Waals surface area contributed by atoms with Crippen molar-refractivity contribution in [3.05, 3.63) is 60.0 Å². The molecule has 0 aliphatic carbocycles. The van der Waals surface area contributed by atoms with Gasteiger partial charge >= 0.3 is 0 Å². The first-order chi connectivity index (χ1) is 11.7. The van der Waals surface area contributed by atoms with Crippen LogP contribution in [0.15, 0.2) is 52.9 Å². The molecule has 0 fully saturated rings. The van der Waals surface area contributed by atoms with Gasteiger partial charge in [-0.05, 0) is 43.3 Å². The largest absolute Gasteiger partial charge is 0.497 e. The summed E-state index contributed by atoms with van der Waals surface area (Å²) in [6, 6.07) is 14.3. The van der Waals surface area contributed by atoms with Crippen molar-refractivity contribution >= 4 is 5.78 Å². The molecule has 0 spiro atoms. The van der Waals surface area contributed by atoms with Gasteiger partial charge in [0.05, 0.1) is 7.11 Å². The lowest BCUT2D eigenvalue weighted by Gasteiger charge is -2.04. The summed E-state index contributed by atoms with van der Waals surface area (Å²) in [4.78, 5) is 11.4. The number of carbonyl (C=O) groups is 1. The van der Waals surface area contributed by atoms with Crippen LogP contribution in [-0.2, 0) is 6.61 Å². The second-order valence-corrected chi connectivity index (χ2v) is 5.10. The Bertz CT molecular complexity index is 840. The van der Waals surface area contributed by atoms with Crippen molar-refractivity contribution in [2.75, 3.05) is 7.11 Å². The quantitative estimate of drug-likeness (QED) is 0.646. The van der Waals surface area contributed by atoms with Crippen LogP contribution in [0.3, 0.4) is 0 Å². The van der Waals surface area contributed by atoms with Crippen molar-refractivity contribution in [1.29, 1.82) is 0 Å². The Morgan fingerprint density at radius 3 is 2.58 bits per heavy atom. The molecule has 0 saturated carbocycles. The molecule has 24 heavy (non-hydrogen) atoms. The summed E-state index contributed by atoms with van der Waals surface area (Å²) in [7, 11) is 1.61. The van der Waals surface area contributed by atoms with Crippen LogP contribution in [0.5, 0.6) is 11.5 Å². The highest BCUT2D eigenvalue weighted by Crippen LogP contribution is 2.22. The summed E-state index contributed by atoms with van der Waals surface area (Å²) in [5.74, 6) is 2.09. The number of aromatic nitrogens is 2. The summed E-state index contributed by atoms with van der Waals surface area (Å²) < 4.78 is 16.3. The maximum Gasteiger partial charge on any atom is 0.254 e. The maximum absolute atomic E-state index is 11.4. The standard InChI is InChI=1S/C18H16N2O4/c1-12(21)14-4-3-5-16(10-14)23-11-17-19-20-18(24-17)13-6-8-15(22-2)9-7-13/h3-10H,11H2,1-2H3.